The van der Waals surface area contributed by atoms with Gasteiger partial charge in [0.15, 0.2) is 0 Å². The van der Waals surface area contributed by atoms with E-state index in [0.717, 1.165) is 25.7 Å². The number of amides is 1. The summed E-state index contributed by atoms with van der Waals surface area (Å²) in [6, 6.07) is 5.58. The number of anilines is 1. The maximum Gasteiger partial charge on any atom is 0.309 e. The summed E-state index contributed by atoms with van der Waals surface area (Å²) in [6.07, 6.45) is 4.66. The molecule has 1 aromatic rings. The molecule has 1 amide bonds. The van der Waals surface area contributed by atoms with Crippen LogP contribution in [0.25, 0.3) is 0 Å². The molecule has 7 nitrogen and oxygen atoms in total. The van der Waals surface area contributed by atoms with Gasteiger partial charge in [-0.1, -0.05) is 19.8 Å². The minimum atomic E-state index is -0.501. The fourth-order valence-electron chi connectivity index (χ4n) is 2.79. The Bertz CT molecular complexity index is 600. The molecule has 0 saturated carbocycles. The van der Waals surface area contributed by atoms with E-state index in [4.69, 9.17) is 4.74 Å². The topological polar surface area (TPSA) is 98.5 Å². The van der Waals surface area contributed by atoms with E-state index in [0.29, 0.717) is 12.1 Å². The molecule has 1 aliphatic heterocycles. The van der Waals surface area contributed by atoms with Gasteiger partial charge in [-0.05, 0) is 31.4 Å². The summed E-state index contributed by atoms with van der Waals surface area (Å²) in [4.78, 5) is 34.0. The molecule has 1 heterocycles. The van der Waals surface area contributed by atoms with Crippen LogP contribution in [-0.2, 0) is 14.3 Å². The van der Waals surface area contributed by atoms with E-state index in [1.807, 2.05) is 0 Å². The Morgan fingerprint density at radius 3 is 2.67 bits per heavy atom. The van der Waals surface area contributed by atoms with Gasteiger partial charge in [0.2, 0.25) is 5.91 Å². The number of carbonyl (C=O) groups is 2. The zero-order valence-corrected chi connectivity index (χ0v) is 13.7. The van der Waals surface area contributed by atoms with Gasteiger partial charge in [-0.25, -0.2) is 0 Å². The quantitative estimate of drug-likeness (QED) is 0.340. The van der Waals surface area contributed by atoms with Crippen molar-refractivity contribution in [2.75, 3.05) is 5.32 Å². The van der Waals surface area contributed by atoms with Crippen molar-refractivity contribution in [3.63, 3.8) is 0 Å². The zero-order chi connectivity index (χ0) is 17.5. The normalized spacial score (nSPS) is 19.8. The number of nitrogens with zero attached hydrogens (tertiary/aromatic N) is 1. The highest BCUT2D eigenvalue weighted by Crippen LogP contribution is 2.28. The minimum Gasteiger partial charge on any atom is -0.462 e. The lowest BCUT2D eigenvalue weighted by atomic mass is 9.98. The second-order valence-corrected chi connectivity index (χ2v) is 6.04. The van der Waals surface area contributed by atoms with Crippen molar-refractivity contribution in [1.82, 2.24) is 0 Å². The highest BCUT2D eigenvalue weighted by Gasteiger charge is 2.35. The molecule has 2 atom stereocenters. The van der Waals surface area contributed by atoms with Gasteiger partial charge in [0.05, 0.1) is 10.8 Å². The molecule has 0 bridgehead atoms. The lowest BCUT2D eigenvalue weighted by molar-refractivity contribution is -0.384. The Morgan fingerprint density at radius 1 is 1.33 bits per heavy atom. The first-order valence-corrected chi connectivity index (χ1v) is 8.24. The first-order chi connectivity index (χ1) is 11.5. The molecular formula is C17H22N2O5. The molecule has 130 valence electrons. The number of benzene rings is 1. The van der Waals surface area contributed by atoms with Crippen LogP contribution in [0.2, 0.25) is 0 Å². The number of carbonyl (C=O) groups excluding carboxylic acids is 2. The fourth-order valence-corrected chi connectivity index (χ4v) is 2.79. The number of rotatable bonds is 8. The molecule has 7 heteroatoms. The maximum atomic E-state index is 12.0. The predicted molar refractivity (Wildman–Crippen MR) is 88.5 cm³/mol. The number of unbranched alkanes of at least 4 members (excludes halogenated alkanes) is 2. The molecule has 1 fully saturated rings. The standard InChI is InChI=1S/C17H22N2O5/c1-2-3-4-5-15-10-12(17(21)24-15)11-16(20)18-13-6-8-14(9-7-13)19(22)23/h6-9,12,15H,2-5,10-11H2,1H3,(H,18,20)/t12-,15-/m0/s1. The third kappa shape index (κ3) is 5.04. The molecule has 24 heavy (non-hydrogen) atoms. The summed E-state index contributed by atoms with van der Waals surface area (Å²) >= 11 is 0. The van der Waals surface area contributed by atoms with Crippen molar-refractivity contribution in [1.29, 1.82) is 0 Å². The van der Waals surface area contributed by atoms with E-state index in [-0.39, 0.29) is 30.1 Å². The fraction of sp³-hybridized carbons (Fsp3) is 0.529. The van der Waals surface area contributed by atoms with Gasteiger partial charge in [0, 0.05) is 24.2 Å². The van der Waals surface area contributed by atoms with Gasteiger partial charge in [-0.15, -0.1) is 0 Å². The first-order valence-electron chi connectivity index (χ1n) is 8.24. The highest BCUT2D eigenvalue weighted by molar-refractivity contribution is 5.93. The maximum absolute atomic E-state index is 12.0. The van der Waals surface area contributed by atoms with Crippen LogP contribution in [0, 0.1) is 16.0 Å². The second-order valence-electron chi connectivity index (χ2n) is 6.04. The third-order valence-corrected chi connectivity index (χ3v) is 4.09. The number of nitro groups is 1. The first kappa shape index (κ1) is 17.9. The molecule has 2 rings (SSSR count). The van der Waals surface area contributed by atoms with Crippen LogP contribution in [0.5, 0.6) is 0 Å². The number of ether oxygens (including phenoxy) is 1. The average Bonchev–Trinajstić information content (AvgIpc) is 2.88. The summed E-state index contributed by atoms with van der Waals surface area (Å²) < 4.78 is 5.32. The Labute approximate surface area is 140 Å². The summed E-state index contributed by atoms with van der Waals surface area (Å²) in [7, 11) is 0. The number of nitro benzene ring substituents is 1. The largest absolute Gasteiger partial charge is 0.462 e. The Balaban J connectivity index is 1.81. The molecule has 0 radical (unpaired) electrons. The van der Waals surface area contributed by atoms with Crippen molar-refractivity contribution in [3.05, 3.63) is 34.4 Å². The van der Waals surface area contributed by atoms with Gasteiger partial charge >= 0.3 is 5.97 Å². The summed E-state index contributed by atoms with van der Waals surface area (Å²) in [5.74, 6) is -1.01. The molecule has 0 unspecified atom stereocenters. The van der Waals surface area contributed by atoms with Crippen LogP contribution < -0.4 is 5.32 Å². The number of non-ortho nitro benzene ring substituents is 1. The monoisotopic (exact) mass is 334 g/mol. The molecule has 1 aromatic carbocycles. The Kier molecular flexibility index (Phi) is 6.28. The number of esters is 1. The van der Waals surface area contributed by atoms with Gasteiger partial charge in [0.1, 0.15) is 6.10 Å². The number of hydrogen-bond acceptors (Lipinski definition) is 5. The lowest BCUT2D eigenvalue weighted by Crippen LogP contribution is -2.19. The second kappa shape index (κ2) is 8.42. The molecule has 0 aliphatic carbocycles. The van der Waals surface area contributed by atoms with E-state index < -0.39 is 10.8 Å². The van der Waals surface area contributed by atoms with E-state index in [9.17, 15) is 19.7 Å². The Morgan fingerprint density at radius 2 is 2.04 bits per heavy atom. The van der Waals surface area contributed by atoms with Crippen LogP contribution in [0.3, 0.4) is 0 Å². The summed E-state index contributed by atoms with van der Waals surface area (Å²) in [6.45, 7) is 2.12. The van der Waals surface area contributed by atoms with E-state index in [1.54, 1.807) is 0 Å². The van der Waals surface area contributed by atoms with Crippen molar-refractivity contribution in [2.24, 2.45) is 5.92 Å². The van der Waals surface area contributed by atoms with E-state index in [1.165, 1.54) is 24.3 Å². The third-order valence-electron chi connectivity index (χ3n) is 4.09. The Hall–Kier alpha value is -2.44. The van der Waals surface area contributed by atoms with Crippen molar-refractivity contribution in [3.8, 4) is 0 Å². The predicted octanol–water partition coefficient (Wildman–Crippen LogP) is 3.44. The van der Waals surface area contributed by atoms with Crippen molar-refractivity contribution >= 4 is 23.3 Å². The number of cyclic esters (lactones) is 1. The molecule has 1 saturated heterocycles. The van der Waals surface area contributed by atoms with Gasteiger partial charge < -0.3 is 10.1 Å². The van der Waals surface area contributed by atoms with E-state index >= 15 is 0 Å². The molecule has 0 spiro atoms. The molecule has 0 aromatic heterocycles. The van der Waals surface area contributed by atoms with Gasteiger partial charge in [-0.3, -0.25) is 19.7 Å². The minimum absolute atomic E-state index is 0.0395. The van der Waals surface area contributed by atoms with Crippen LogP contribution in [0.15, 0.2) is 24.3 Å². The van der Waals surface area contributed by atoms with E-state index in [2.05, 4.69) is 12.2 Å². The summed E-state index contributed by atoms with van der Waals surface area (Å²) in [5.41, 5.74) is 0.429. The van der Waals surface area contributed by atoms with Crippen molar-refractivity contribution in [2.45, 2.75) is 51.6 Å². The number of nitrogens with one attached hydrogen (secondary N) is 1. The lowest BCUT2D eigenvalue weighted by Gasteiger charge is -2.08. The van der Waals surface area contributed by atoms with Crippen LogP contribution >= 0.6 is 0 Å². The van der Waals surface area contributed by atoms with Gasteiger partial charge in [-0.2, -0.15) is 0 Å². The number of hydrogen-bond donors (Lipinski definition) is 1. The molecule has 1 aliphatic rings. The van der Waals surface area contributed by atoms with Crippen LogP contribution in [-0.4, -0.2) is 22.9 Å². The van der Waals surface area contributed by atoms with Crippen LogP contribution in [0.1, 0.15) is 45.4 Å². The smallest absolute Gasteiger partial charge is 0.309 e. The van der Waals surface area contributed by atoms with Crippen molar-refractivity contribution < 1.29 is 19.2 Å². The highest BCUT2D eigenvalue weighted by atomic mass is 16.6. The van der Waals surface area contributed by atoms with Crippen LogP contribution in [0.4, 0.5) is 11.4 Å². The summed E-state index contributed by atoms with van der Waals surface area (Å²) in [5, 5.41) is 13.2. The zero-order valence-electron chi connectivity index (χ0n) is 13.7. The van der Waals surface area contributed by atoms with Gasteiger partial charge in [0.25, 0.3) is 5.69 Å². The molecular weight excluding hydrogens is 312 g/mol. The average molecular weight is 334 g/mol. The SMILES string of the molecule is CCCCC[C@H]1C[C@@H](CC(=O)Nc2ccc([N+](=O)[O-])cc2)C(=O)O1. The molecule has 1 N–H and O–H groups in total.